The molecule has 0 aliphatic carbocycles. The zero-order valence-corrected chi connectivity index (χ0v) is 11.1. The smallest absolute Gasteiger partial charge is 0.214 e. The van der Waals surface area contributed by atoms with Crippen LogP contribution in [0.3, 0.4) is 0 Å². The number of aliphatic hydroxyl groups excluding tert-OH is 1. The van der Waals surface area contributed by atoms with Crippen molar-refractivity contribution in [1.82, 2.24) is 4.31 Å². The van der Waals surface area contributed by atoms with Gasteiger partial charge in [0.2, 0.25) is 10.0 Å². The molecule has 2 fully saturated rings. The van der Waals surface area contributed by atoms with Crippen LogP contribution in [0.25, 0.3) is 0 Å². The highest BCUT2D eigenvalue weighted by Gasteiger charge is 2.47. The maximum atomic E-state index is 11.9. The lowest BCUT2D eigenvalue weighted by Crippen LogP contribution is -2.56. The van der Waals surface area contributed by atoms with E-state index in [9.17, 15) is 13.5 Å². The number of aliphatic hydroxyl groups is 1. The average Bonchev–Trinajstić information content (AvgIpc) is 2.72. The molecule has 5 nitrogen and oxygen atoms in total. The maximum absolute atomic E-state index is 11.9. The molecule has 2 rings (SSSR count). The van der Waals surface area contributed by atoms with Crippen LogP contribution in [-0.4, -0.2) is 55.0 Å². The van der Waals surface area contributed by atoms with Crippen LogP contribution in [0.15, 0.2) is 0 Å². The average molecular weight is 263 g/mol. The Bertz CT molecular complexity index is 362. The molecule has 1 N–H and O–H groups in total. The molecule has 2 aliphatic heterocycles. The zero-order chi connectivity index (χ0) is 12.5. The molecule has 0 aromatic carbocycles. The first-order valence-electron chi connectivity index (χ1n) is 6.30. The zero-order valence-electron chi connectivity index (χ0n) is 10.3. The molecule has 0 saturated carbocycles. The van der Waals surface area contributed by atoms with Crippen molar-refractivity contribution in [2.24, 2.45) is 0 Å². The van der Waals surface area contributed by atoms with Crippen molar-refractivity contribution in [1.29, 1.82) is 0 Å². The van der Waals surface area contributed by atoms with Crippen molar-refractivity contribution in [3.63, 3.8) is 0 Å². The summed E-state index contributed by atoms with van der Waals surface area (Å²) in [6.45, 7) is 3.18. The first-order chi connectivity index (χ1) is 8.00. The fraction of sp³-hybridized carbons (Fsp3) is 1.00. The van der Waals surface area contributed by atoms with Gasteiger partial charge in [-0.1, -0.05) is 6.92 Å². The number of sulfonamides is 1. The van der Waals surface area contributed by atoms with E-state index in [1.807, 2.05) is 6.92 Å². The first kappa shape index (κ1) is 13.3. The van der Waals surface area contributed by atoms with E-state index in [4.69, 9.17) is 4.74 Å². The third-order valence-corrected chi connectivity index (χ3v) is 5.80. The summed E-state index contributed by atoms with van der Waals surface area (Å²) in [7, 11) is -3.19. The van der Waals surface area contributed by atoms with E-state index in [1.54, 1.807) is 0 Å². The van der Waals surface area contributed by atoms with Gasteiger partial charge in [-0.2, -0.15) is 4.31 Å². The lowest BCUT2D eigenvalue weighted by Gasteiger charge is -2.41. The van der Waals surface area contributed by atoms with Gasteiger partial charge in [0.25, 0.3) is 0 Å². The maximum Gasteiger partial charge on any atom is 0.214 e. The summed E-state index contributed by atoms with van der Waals surface area (Å²) >= 11 is 0. The number of hydrogen-bond donors (Lipinski definition) is 1. The lowest BCUT2D eigenvalue weighted by molar-refractivity contribution is -0.117. The minimum Gasteiger partial charge on any atom is -0.389 e. The monoisotopic (exact) mass is 263 g/mol. The standard InChI is InChI=1S/C11H21NO4S/c1-2-8-17(14,15)12-6-5-11(10(13)9-12)4-3-7-16-11/h10,13H,2-9H2,1H3/t10-,11-/m0/s1. The fourth-order valence-electron chi connectivity index (χ4n) is 2.75. The second-order valence-corrected chi connectivity index (χ2v) is 7.05. The van der Waals surface area contributed by atoms with Gasteiger partial charge < -0.3 is 9.84 Å². The summed E-state index contributed by atoms with van der Waals surface area (Å²) in [6, 6.07) is 0. The molecule has 2 aliphatic rings. The van der Waals surface area contributed by atoms with Gasteiger partial charge in [0.05, 0.1) is 17.5 Å². The van der Waals surface area contributed by atoms with Crippen LogP contribution in [0.2, 0.25) is 0 Å². The molecule has 100 valence electrons. The van der Waals surface area contributed by atoms with Crippen LogP contribution in [0, 0.1) is 0 Å². The van der Waals surface area contributed by atoms with E-state index in [2.05, 4.69) is 0 Å². The molecule has 0 amide bonds. The van der Waals surface area contributed by atoms with Crippen molar-refractivity contribution in [3.05, 3.63) is 0 Å². The quantitative estimate of drug-likeness (QED) is 0.797. The third-order valence-electron chi connectivity index (χ3n) is 3.76. The van der Waals surface area contributed by atoms with E-state index in [1.165, 1.54) is 4.31 Å². The first-order valence-corrected chi connectivity index (χ1v) is 7.91. The second kappa shape index (κ2) is 4.84. The van der Waals surface area contributed by atoms with Crippen molar-refractivity contribution >= 4 is 10.0 Å². The number of nitrogens with zero attached hydrogens (tertiary/aromatic N) is 1. The number of hydrogen-bond acceptors (Lipinski definition) is 4. The molecule has 0 aromatic heterocycles. The predicted octanol–water partition coefficient (Wildman–Crippen LogP) is 0.342. The molecule has 2 atom stereocenters. The van der Waals surface area contributed by atoms with Crippen LogP contribution < -0.4 is 0 Å². The van der Waals surface area contributed by atoms with Crippen molar-refractivity contribution < 1.29 is 18.3 Å². The molecule has 1 spiro atoms. The summed E-state index contributed by atoms with van der Waals surface area (Å²) in [5.74, 6) is 0.160. The Labute approximate surface area is 103 Å². The minimum atomic E-state index is -3.19. The van der Waals surface area contributed by atoms with Gasteiger partial charge in [0.1, 0.15) is 0 Å². The molecular formula is C11H21NO4S. The molecule has 0 radical (unpaired) electrons. The SMILES string of the molecule is CCCS(=O)(=O)N1CC[C@@]2(CCCO2)[C@@H](O)C1. The topological polar surface area (TPSA) is 66.8 Å². The molecule has 6 heteroatoms. The molecular weight excluding hydrogens is 242 g/mol. The molecule has 2 saturated heterocycles. The van der Waals surface area contributed by atoms with Gasteiger partial charge in [0.15, 0.2) is 0 Å². The Hall–Kier alpha value is -0.170. The summed E-state index contributed by atoms with van der Waals surface area (Å²) in [6.07, 6.45) is 2.33. The molecule has 17 heavy (non-hydrogen) atoms. The normalized spacial score (nSPS) is 35.5. The van der Waals surface area contributed by atoms with Gasteiger partial charge in [0, 0.05) is 19.7 Å². The minimum absolute atomic E-state index is 0.160. The van der Waals surface area contributed by atoms with Crippen LogP contribution in [-0.2, 0) is 14.8 Å². The summed E-state index contributed by atoms with van der Waals surface area (Å²) < 4.78 is 30.9. The third kappa shape index (κ3) is 2.50. The Balaban J connectivity index is 2.04. The highest BCUT2D eigenvalue weighted by molar-refractivity contribution is 7.89. The van der Waals surface area contributed by atoms with Gasteiger partial charge in [-0.05, 0) is 25.7 Å². The predicted molar refractivity (Wildman–Crippen MR) is 64.2 cm³/mol. The Morgan fingerprint density at radius 2 is 2.24 bits per heavy atom. The molecule has 0 bridgehead atoms. The number of β-amino-alcohol motifs (C(OH)–C–C–N with tert-alkyl or cyclic N) is 1. The second-order valence-electron chi connectivity index (χ2n) is 4.96. The van der Waals surface area contributed by atoms with Crippen LogP contribution in [0.1, 0.15) is 32.6 Å². The van der Waals surface area contributed by atoms with Gasteiger partial charge in [-0.3, -0.25) is 0 Å². The molecule has 0 unspecified atom stereocenters. The highest BCUT2D eigenvalue weighted by atomic mass is 32.2. The van der Waals surface area contributed by atoms with E-state index in [0.717, 1.165) is 12.8 Å². The summed E-state index contributed by atoms with van der Waals surface area (Å²) in [4.78, 5) is 0. The van der Waals surface area contributed by atoms with E-state index < -0.39 is 21.7 Å². The highest BCUT2D eigenvalue weighted by Crippen LogP contribution is 2.36. The largest absolute Gasteiger partial charge is 0.389 e. The Morgan fingerprint density at radius 3 is 2.76 bits per heavy atom. The number of ether oxygens (including phenoxy) is 1. The van der Waals surface area contributed by atoms with Crippen LogP contribution in [0.5, 0.6) is 0 Å². The van der Waals surface area contributed by atoms with Crippen LogP contribution in [0.4, 0.5) is 0 Å². The van der Waals surface area contributed by atoms with Gasteiger partial charge in [-0.25, -0.2) is 8.42 Å². The van der Waals surface area contributed by atoms with Gasteiger partial charge in [-0.15, -0.1) is 0 Å². The fourth-order valence-corrected chi connectivity index (χ4v) is 4.26. The van der Waals surface area contributed by atoms with Crippen LogP contribution >= 0.6 is 0 Å². The molecule has 0 aromatic rings. The van der Waals surface area contributed by atoms with E-state index in [0.29, 0.717) is 26.0 Å². The number of piperidine rings is 1. The Kier molecular flexibility index (Phi) is 3.77. The van der Waals surface area contributed by atoms with Crippen molar-refractivity contribution in [2.75, 3.05) is 25.4 Å². The Morgan fingerprint density at radius 1 is 1.47 bits per heavy atom. The molecule has 2 heterocycles. The lowest BCUT2D eigenvalue weighted by atomic mass is 9.87. The van der Waals surface area contributed by atoms with Crippen molar-refractivity contribution in [2.45, 2.75) is 44.3 Å². The van der Waals surface area contributed by atoms with E-state index in [-0.39, 0.29) is 12.3 Å². The van der Waals surface area contributed by atoms with Crippen molar-refractivity contribution in [3.8, 4) is 0 Å². The van der Waals surface area contributed by atoms with Gasteiger partial charge >= 0.3 is 0 Å². The number of rotatable bonds is 3. The van der Waals surface area contributed by atoms with E-state index >= 15 is 0 Å². The summed E-state index contributed by atoms with van der Waals surface area (Å²) in [5, 5.41) is 10.1. The summed E-state index contributed by atoms with van der Waals surface area (Å²) in [5.41, 5.74) is -0.474.